The topological polar surface area (TPSA) is 50.8 Å². The molecule has 0 fully saturated rings. The number of hydrogen-bond acceptors (Lipinski definition) is 4. The van der Waals surface area contributed by atoms with E-state index in [4.69, 9.17) is 21.1 Å². The van der Waals surface area contributed by atoms with Gasteiger partial charge in [0.15, 0.2) is 0 Å². The highest BCUT2D eigenvalue weighted by molar-refractivity contribution is 6.31. The zero-order valence-corrected chi connectivity index (χ0v) is 14.8. The maximum absolute atomic E-state index is 12.2. The number of likely N-dealkylation sites (N-methyl/N-ethyl adjacent to an activating group) is 1. The highest BCUT2D eigenvalue weighted by atomic mass is 35.5. The maximum atomic E-state index is 12.2. The van der Waals surface area contributed by atoms with Crippen molar-refractivity contribution >= 4 is 23.2 Å². The van der Waals surface area contributed by atoms with Gasteiger partial charge in [0.2, 0.25) is 5.91 Å². The Kier molecular flexibility index (Phi) is 6.46. The summed E-state index contributed by atoms with van der Waals surface area (Å²) >= 11 is 5.97. The van der Waals surface area contributed by atoms with Crippen molar-refractivity contribution in [2.75, 3.05) is 33.1 Å². The van der Waals surface area contributed by atoms with E-state index in [1.54, 1.807) is 32.4 Å². The molecule has 0 heterocycles. The Bertz CT molecular complexity index is 706. The number of nitrogens with one attached hydrogen (secondary N) is 1. The summed E-state index contributed by atoms with van der Waals surface area (Å²) in [5, 5.41) is 3.36. The van der Waals surface area contributed by atoms with Gasteiger partial charge in [0, 0.05) is 11.6 Å². The van der Waals surface area contributed by atoms with Gasteiger partial charge >= 0.3 is 0 Å². The molecule has 6 heteroatoms. The molecule has 0 bridgehead atoms. The summed E-state index contributed by atoms with van der Waals surface area (Å²) in [5.74, 6) is 1.23. The molecule has 0 aliphatic heterocycles. The molecule has 1 amide bonds. The molecule has 0 radical (unpaired) electrons. The van der Waals surface area contributed by atoms with Crippen molar-refractivity contribution < 1.29 is 14.3 Å². The molecule has 128 valence electrons. The van der Waals surface area contributed by atoms with E-state index < -0.39 is 0 Å². The SMILES string of the molecule is COc1cccc(CN(C)CC(=O)Nc2cc(Cl)ccc2OC)c1. The molecule has 0 aliphatic rings. The fraction of sp³-hybridized carbons (Fsp3) is 0.278. The number of benzene rings is 2. The zero-order chi connectivity index (χ0) is 17.5. The normalized spacial score (nSPS) is 10.5. The van der Waals surface area contributed by atoms with E-state index in [-0.39, 0.29) is 12.5 Å². The smallest absolute Gasteiger partial charge is 0.238 e. The number of anilines is 1. The molecule has 24 heavy (non-hydrogen) atoms. The summed E-state index contributed by atoms with van der Waals surface area (Å²) in [5.41, 5.74) is 1.63. The van der Waals surface area contributed by atoms with Crippen LogP contribution in [0.3, 0.4) is 0 Å². The number of carbonyl (C=O) groups is 1. The van der Waals surface area contributed by atoms with Gasteiger partial charge in [-0.2, -0.15) is 0 Å². The first-order valence-corrected chi connectivity index (χ1v) is 7.84. The Morgan fingerprint density at radius 3 is 2.67 bits per heavy atom. The molecule has 2 aromatic carbocycles. The van der Waals surface area contributed by atoms with E-state index >= 15 is 0 Å². The van der Waals surface area contributed by atoms with Crippen molar-refractivity contribution in [2.45, 2.75) is 6.54 Å². The number of rotatable bonds is 7. The molecule has 0 aromatic heterocycles. The van der Waals surface area contributed by atoms with Crippen LogP contribution in [0.15, 0.2) is 42.5 Å². The van der Waals surface area contributed by atoms with Crippen LogP contribution in [0.4, 0.5) is 5.69 Å². The second kappa shape index (κ2) is 8.57. The Labute approximate surface area is 147 Å². The van der Waals surface area contributed by atoms with Gasteiger partial charge in [-0.1, -0.05) is 23.7 Å². The van der Waals surface area contributed by atoms with Gasteiger partial charge < -0.3 is 14.8 Å². The maximum Gasteiger partial charge on any atom is 0.238 e. The van der Waals surface area contributed by atoms with Gasteiger partial charge in [-0.15, -0.1) is 0 Å². The van der Waals surface area contributed by atoms with Crippen molar-refractivity contribution in [3.63, 3.8) is 0 Å². The molecule has 0 saturated carbocycles. The number of nitrogens with zero attached hydrogens (tertiary/aromatic N) is 1. The van der Waals surface area contributed by atoms with Crippen LogP contribution in [-0.4, -0.2) is 38.6 Å². The molecule has 2 rings (SSSR count). The Morgan fingerprint density at radius 2 is 1.96 bits per heavy atom. The highest BCUT2D eigenvalue weighted by Crippen LogP contribution is 2.27. The van der Waals surface area contributed by atoms with E-state index in [1.807, 2.05) is 36.2 Å². The van der Waals surface area contributed by atoms with E-state index in [2.05, 4.69) is 5.32 Å². The van der Waals surface area contributed by atoms with E-state index in [9.17, 15) is 4.79 Å². The molecule has 5 nitrogen and oxygen atoms in total. The van der Waals surface area contributed by atoms with Crippen LogP contribution in [-0.2, 0) is 11.3 Å². The standard InChI is InChI=1S/C18H21ClN2O3/c1-21(11-13-5-4-6-15(9-13)23-2)12-18(22)20-16-10-14(19)7-8-17(16)24-3/h4-10H,11-12H2,1-3H3,(H,20,22). The monoisotopic (exact) mass is 348 g/mol. The van der Waals surface area contributed by atoms with Gasteiger partial charge in [0.25, 0.3) is 0 Å². The van der Waals surface area contributed by atoms with Crippen molar-refractivity contribution in [2.24, 2.45) is 0 Å². The van der Waals surface area contributed by atoms with Crippen molar-refractivity contribution in [1.29, 1.82) is 0 Å². The average molecular weight is 349 g/mol. The largest absolute Gasteiger partial charge is 0.497 e. The van der Waals surface area contributed by atoms with Crippen LogP contribution in [0.2, 0.25) is 5.02 Å². The van der Waals surface area contributed by atoms with Gasteiger partial charge in [0.05, 0.1) is 26.5 Å². The van der Waals surface area contributed by atoms with Crippen molar-refractivity contribution in [1.82, 2.24) is 4.90 Å². The lowest BCUT2D eigenvalue weighted by Gasteiger charge is -2.17. The number of methoxy groups -OCH3 is 2. The fourth-order valence-corrected chi connectivity index (χ4v) is 2.52. The second-order valence-electron chi connectivity index (χ2n) is 5.42. The van der Waals surface area contributed by atoms with E-state index in [0.29, 0.717) is 23.0 Å². The Balaban J connectivity index is 1.95. The lowest BCUT2D eigenvalue weighted by atomic mass is 10.2. The first-order chi connectivity index (χ1) is 11.5. The minimum Gasteiger partial charge on any atom is -0.497 e. The molecule has 0 unspecified atom stereocenters. The number of carbonyl (C=O) groups excluding carboxylic acids is 1. The first-order valence-electron chi connectivity index (χ1n) is 7.46. The quantitative estimate of drug-likeness (QED) is 0.833. The fourth-order valence-electron chi connectivity index (χ4n) is 2.35. The van der Waals surface area contributed by atoms with E-state index in [0.717, 1.165) is 11.3 Å². The minimum absolute atomic E-state index is 0.138. The summed E-state index contributed by atoms with van der Waals surface area (Å²) in [7, 11) is 5.07. The van der Waals surface area contributed by atoms with Crippen LogP contribution in [0.25, 0.3) is 0 Å². The van der Waals surface area contributed by atoms with Crippen LogP contribution in [0.1, 0.15) is 5.56 Å². The Hall–Kier alpha value is -2.24. The van der Waals surface area contributed by atoms with Gasteiger partial charge in [-0.3, -0.25) is 9.69 Å². The summed E-state index contributed by atoms with van der Waals surface area (Å²) in [6.07, 6.45) is 0. The lowest BCUT2D eigenvalue weighted by molar-refractivity contribution is -0.117. The van der Waals surface area contributed by atoms with Crippen molar-refractivity contribution in [3.05, 3.63) is 53.1 Å². The number of hydrogen-bond donors (Lipinski definition) is 1. The summed E-state index contributed by atoms with van der Waals surface area (Å²) in [4.78, 5) is 14.2. The van der Waals surface area contributed by atoms with Crippen LogP contribution >= 0.6 is 11.6 Å². The Morgan fingerprint density at radius 1 is 1.17 bits per heavy atom. The van der Waals surface area contributed by atoms with Crippen molar-refractivity contribution in [3.8, 4) is 11.5 Å². The third-order valence-corrected chi connectivity index (χ3v) is 3.67. The molecule has 0 spiro atoms. The van der Waals surface area contributed by atoms with Gasteiger partial charge in [-0.25, -0.2) is 0 Å². The van der Waals surface area contributed by atoms with Crippen LogP contribution in [0, 0.1) is 0 Å². The number of halogens is 1. The predicted octanol–water partition coefficient (Wildman–Crippen LogP) is 3.43. The molecular formula is C18H21ClN2O3. The van der Waals surface area contributed by atoms with E-state index in [1.165, 1.54) is 0 Å². The predicted molar refractivity (Wildman–Crippen MR) is 96.0 cm³/mol. The van der Waals surface area contributed by atoms with Crippen LogP contribution < -0.4 is 14.8 Å². The third kappa shape index (κ3) is 5.15. The molecular weight excluding hydrogens is 328 g/mol. The summed E-state index contributed by atoms with van der Waals surface area (Å²) < 4.78 is 10.4. The third-order valence-electron chi connectivity index (χ3n) is 3.44. The highest BCUT2D eigenvalue weighted by Gasteiger charge is 2.11. The lowest BCUT2D eigenvalue weighted by Crippen LogP contribution is -2.30. The molecule has 0 aliphatic carbocycles. The van der Waals surface area contributed by atoms with Crippen LogP contribution in [0.5, 0.6) is 11.5 Å². The molecule has 1 N–H and O–H groups in total. The first kappa shape index (κ1) is 18.1. The zero-order valence-electron chi connectivity index (χ0n) is 14.0. The average Bonchev–Trinajstić information content (AvgIpc) is 2.55. The summed E-state index contributed by atoms with van der Waals surface area (Å²) in [6.45, 7) is 0.879. The molecule has 0 atom stereocenters. The molecule has 0 saturated heterocycles. The molecule has 2 aromatic rings. The second-order valence-corrected chi connectivity index (χ2v) is 5.85. The number of amides is 1. The number of ether oxygens (including phenoxy) is 2. The minimum atomic E-state index is -0.138. The van der Waals surface area contributed by atoms with Gasteiger partial charge in [0.1, 0.15) is 11.5 Å². The van der Waals surface area contributed by atoms with Gasteiger partial charge in [-0.05, 0) is 42.9 Å². The summed E-state index contributed by atoms with van der Waals surface area (Å²) in [6, 6.07) is 12.9.